The molecule has 0 heterocycles. The van der Waals surface area contributed by atoms with Crippen molar-refractivity contribution < 1.29 is 17.9 Å². The SMILES string of the molecule is COc1ccccc1CN(CC(=O)Nc1cccc(C)c1)S(C)(=O)=O. The highest BCUT2D eigenvalue weighted by Gasteiger charge is 2.22. The molecule has 0 unspecified atom stereocenters. The summed E-state index contributed by atoms with van der Waals surface area (Å²) in [5.41, 5.74) is 2.33. The number of hydrogen-bond donors (Lipinski definition) is 1. The lowest BCUT2D eigenvalue weighted by atomic mass is 10.2. The van der Waals surface area contributed by atoms with E-state index in [2.05, 4.69) is 5.32 Å². The normalized spacial score (nSPS) is 11.4. The second-order valence-corrected chi connectivity index (χ2v) is 7.74. The summed E-state index contributed by atoms with van der Waals surface area (Å²) in [5, 5.41) is 2.72. The minimum Gasteiger partial charge on any atom is -0.496 e. The van der Waals surface area contributed by atoms with Crippen LogP contribution in [-0.2, 0) is 21.4 Å². The predicted octanol–water partition coefficient (Wildman–Crippen LogP) is 2.40. The van der Waals surface area contributed by atoms with Crippen molar-refractivity contribution in [2.75, 3.05) is 25.2 Å². The van der Waals surface area contributed by atoms with Gasteiger partial charge in [0.25, 0.3) is 0 Å². The number of nitrogens with zero attached hydrogens (tertiary/aromatic N) is 1. The number of nitrogens with one attached hydrogen (secondary N) is 1. The number of benzene rings is 2. The van der Waals surface area contributed by atoms with Crippen LogP contribution in [-0.4, -0.2) is 38.5 Å². The molecular weight excluding hydrogens is 340 g/mol. The highest BCUT2D eigenvalue weighted by Crippen LogP contribution is 2.20. The van der Waals surface area contributed by atoms with Crippen LogP contribution in [0.15, 0.2) is 48.5 Å². The lowest BCUT2D eigenvalue weighted by Gasteiger charge is -2.20. The molecule has 0 bridgehead atoms. The molecule has 0 fully saturated rings. The van der Waals surface area contributed by atoms with E-state index in [1.54, 1.807) is 30.3 Å². The van der Waals surface area contributed by atoms with E-state index in [1.165, 1.54) is 7.11 Å². The van der Waals surface area contributed by atoms with Crippen molar-refractivity contribution >= 4 is 21.6 Å². The minimum atomic E-state index is -3.57. The topological polar surface area (TPSA) is 75.7 Å². The van der Waals surface area contributed by atoms with Gasteiger partial charge in [0.05, 0.1) is 19.9 Å². The second-order valence-electron chi connectivity index (χ2n) is 5.76. The lowest BCUT2D eigenvalue weighted by Crippen LogP contribution is -2.37. The molecule has 0 aromatic heterocycles. The van der Waals surface area contributed by atoms with Gasteiger partial charge >= 0.3 is 0 Å². The van der Waals surface area contributed by atoms with Crippen LogP contribution in [0.4, 0.5) is 5.69 Å². The average molecular weight is 362 g/mol. The third kappa shape index (κ3) is 5.58. The van der Waals surface area contributed by atoms with E-state index in [0.717, 1.165) is 16.1 Å². The zero-order valence-corrected chi connectivity index (χ0v) is 15.3. The van der Waals surface area contributed by atoms with Gasteiger partial charge in [-0.05, 0) is 30.7 Å². The smallest absolute Gasteiger partial charge is 0.239 e. The van der Waals surface area contributed by atoms with E-state index in [1.807, 2.05) is 25.1 Å². The molecule has 0 aliphatic carbocycles. The average Bonchev–Trinajstić information content (AvgIpc) is 2.53. The third-order valence-corrected chi connectivity index (χ3v) is 4.83. The maximum atomic E-state index is 12.3. The summed E-state index contributed by atoms with van der Waals surface area (Å²) in [5.74, 6) is 0.182. The number of ether oxygens (including phenoxy) is 1. The molecule has 6 nitrogen and oxygen atoms in total. The molecule has 0 saturated carbocycles. The Morgan fingerprint density at radius 3 is 2.52 bits per heavy atom. The molecule has 0 radical (unpaired) electrons. The fourth-order valence-corrected chi connectivity index (χ4v) is 3.12. The van der Waals surface area contributed by atoms with Gasteiger partial charge in [-0.15, -0.1) is 0 Å². The number of aryl methyl sites for hydroxylation is 1. The molecule has 0 saturated heterocycles. The monoisotopic (exact) mass is 362 g/mol. The number of anilines is 1. The maximum Gasteiger partial charge on any atom is 0.239 e. The van der Waals surface area contributed by atoms with Crippen LogP contribution in [0.3, 0.4) is 0 Å². The number of carbonyl (C=O) groups excluding carboxylic acids is 1. The van der Waals surface area contributed by atoms with Crippen molar-refractivity contribution in [2.45, 2.75) is 13.5 Å². The van der Waals surface area contributed by atoms with Crippen molar-refractivity contribution in [2.24, 2.45) is 0 Å². The number of amides is 1. The van der Waals surface area contributed by atoms with Crippen molar-refractivity contribution in [3.63, 3.8) is 0 Å². The summed E-state index contributed by atoms with van der Waals surface area (Å²) in [4.78, 5) is 12.3. The Kier molecular flexibility index (Phi) is 6.17. The first kappa shape index (κ1) is 19.0. The summed E-state index contributed by atoms with van der Waals surface area (Å²) < 4.78 is 30.5. The lowest BCUT2D eigenvalue weighted by molar-refractivity contribution is -0.116. The number of hydrogen-bond acceptors (Lipinski definition) is 4. The third-order valence-electron chi connectivity index (χ3n) is 3.63. The molecule has 0 atom stereocenters. The molecule has 1 amide bonds. The van der Waals surface area contributed by atoms with Gasteiger partial charge < -0.3 is 10.1 Å². The molecule has 2 aromatic rings. The summed E-state index contributed by atoms with van der Waals surface area (Å²) >= 11 is 0. The van der Waals surface area contributed by atoms with Crippen LogP contribution < -0.4 is 10.1 Å². The Morgan fingerprint density at radius 1 is 1.16 bits per heavy atom. The van der Waals surface area contributed by atoms with Crippen molar-refractivity contribution in [3.8, 4) is 5.75 Å². The molecule has 0 spiro atoms. The maximum absolute atomic E-state index is 12.3. The first-order valence-electron chi connectivity index (χ1n) is 7.73. The number of carbonyl (C=O) groups is 1. The summed E-state index contributed by atoms with van der Waals surface area (Å²) in [6.07, 6.45) is 1.09. The van der Waals surface area contributed by atoms with E-state index >= 15 is 0 Å². The molecule has 2 rings (SSSR count). The first-order chi connectivity index (χ1) is 11.8. The highest BCUT2D eigenvalue weighted by molar-refractivity contribution is 7.88. The molecule has 134 valence electrons. The molecule has 25 heavy (non-hydrogen) atoms. The van der Waals surface area contributed by atoms with Crippen LogP contribution in [0.1, 0.15) is 11.1 Å². The molecule has 0 aliphatic rings. The fraction of sp³-hybridized carbons (Fsp3) is 0.278. The Labute approximate surface area is 148 Å². The van der Waals surface area contributed by atoms with Gasteiger partial charge in [0, 0.05) is 17.8 Å². The van der Waals surface area contributed by atoms with E-state index < -0.39 is 15.9 Å². The zero-order valence-electron chi connectivity index (χ0n) is 14.5. The highest BCUT2D eigenvalue weighted by atomic mass is 32.2. The van der Waals surface area contributed by atoms with Gasteiger partial charge in [-0.1, -0.05) is 30.3 Å². The summed E-state index contributed by atoms with van der Waals surface area (Å²) in [7, 11) is -2.04. The largest absolute Gasteiger partial charge is 0.496 e. The summed E-state index contributed by atoms with van der Waals surface area (Å²) in [6, 6.07) is 14.5. The van der Waals surface area contributed by atoms with Crippen LogP contribution in [0.5, 0.6) is 5.75 Å². The molecule has 0 aliphatic heterocycles. The number of sulfonamides is 1. The standard InChI is InChI=1S/C18H22N2O4S/c1-14-7-6-9-16(11-14)19-18(21)13-20(25(3,22)23)12-15-8-4-5-10-17(15)24-2/h4-11H,12-13H2,1-3H3,(H,19,21). The van der Waals surface area contributed by atoms with E-state index in [4.69, 9.17) is 4.74 Å². The zero-order chi connectivity index (χ0) is 18.4. The number of rotatable bonds is 7. The molecular formula is C18H22N2O4S. The van der Waals surface area contributed by atoms with Gasteiger partial charge in [-0.25, -0.2) is 8.42 Å². The quantitative estimate of drug-likeness (QED) is 0.821. The van der Waals surface area contributed by atoms with E-state index in [-0.39, 0.29) is 13.1 Å². The number of methoxy groups -OCH3 is 1. The Bertz CT molecular complexity index is 850. The van der Waals surface area contributed by atoms with Gasteiger partial charge in [0.15, 0.2) is 0 Å². The Balaban J connectivity index is 2.14. The van der Waals surface area contributed by atoms with Crippen molar-refractivity contribution in [1.82, 2.24) is 4.31 Å². The van der Waals surface area contributed by atoms with E-state index in [0.29, 0.717) is 17.0 Å². The number of para-hydroxylation sites is 1. The van der Waals surface area contributed by atoms with E-state index in [9.17, 15) is 13.2 Å². The van der Waals surface area contributed by atoms with Crippen LogP contribution in [0.25, 0.3) is 0 Å². The minimum absolute atomic E-state index is 0.0596. The Hall–Kier alpha value is -2.38. The second kappa shape index (κ2) is 8.13. The van der Waals surface area contributed by atoms with Gasteiger partial charge in [-0.2, -0.15) is 4.31 Å². The van der Waals surface area contributed by atoms with Crippen LogP contribution >= 0.6 is 0 Å². The van der Waals surface area contributed by atoms with Crippen molar-refractivity contribution in [1.29, 1.82) is 0 Å². The predicted molar refractivity (Wildman–Crippen MR) is 98.1 cm³/mol. The molecule has 7 heteroatoms. The summed E-state index contributed by atoms with van der Waals surface area (Å²) in [6.45, 7) is 1.70. The van der Waals surface area contributed by atoms with Gasteiger partial charge in [0.2, 0.25) is 15.9 Å². The van der Waals surface area contributed by atoms with Crippen LogP contribution in [0, 0.1) is 6.92 Å². The van der Waals surface area contributed by atoms with Gasteiger partial charge in [-0.3, -0.25) is 4.79 Å². The first-order valence-corrected chi connectivity index (χ1v) is 9.58. The van der Waals surface area contributed by atoms with Gasteiger partial charge in [0.1, 0.15) is 5.75 Å². The van der Waals surface area contributed by atoms with Crippen LogP contribution in [0.2, 0.25) is 0 Å². The Morgan fingerprint density at radius 2 is 1.88 bits per heavy atom. The molecule has 2 aromatic carbocycles. The molecule has 1 N–H and O–H groups in total. The van der Waals surface area contributed by atoms with Crippen molar-refractivity contribution in [3.05, 3.63) is 59.7 Å². The fourth-order valence-electron chi connectivity index (χ4n) is 2.40.